The number of hydrogen-bond donors (Lipinski definition) is 2. The molecule has 1 saturated heterocycles. The van der Waals surface area contributed by atoms with Gasteiger partial charge in [-0.15, -0.1) is 0 Å². The van der Waals surface area contributed by atoms with Crippen molar-refractivity contribution in [1.29, 1.82) is 0 Å². The number of piperazine rings is 1. The van der Waals surface area contributed by atoms with E-state index in [1.165, 1.54) is 12.1 Å². The molecule has 2 heterocycles. The lowest BCUT2D eigenvalue weighted by molar-refractivity contribution is -0.123. The van der Waals surface area contributed by atoms with Crippen molar-refractivity contribution in [3.8, 4) is 0 Å². The number of nitrogens with one attached hydrogen (secondary N) is 2. The van der Waals surface area contributed by atoms with Crippen molar-refractivity contribution >= 4 is 23.4 Å². The van der Waals surface area contributed by atoms with Gasteiger partial charge >= 0.3 is 0 Å². The lowest BCUT2D eigenvalue weighted by Crippen LogP contribution is -2.50. The standard InChI is InChI=1S/C20H18FN5O/c21-15-6-8-16(9-7-15)24-20-23-11-10-17(25-20)26-13-12-22-19(27)18(26)14-4-2-1-3-5-14/h1-11,18H,12-13H2,(H,22,27)(H,23,24,25). The van der Waals surface area contributed by atoms with Crippen molar-refractivity contribution in [2.45, 2.75) is 6.04 Å². The minimum absolute atomic E-state index is 0.0564. The highest BCUT2D eigenvalue weighted by Gasteiger charge is 2.32. The fourth-order valence-corrected chi connectivity index (χ4v) is 3.11. The minimum Gasteiger partial charge on any atom is -0.352 e. The van der Waals surface area contributed by atoms with E-state index in [9.17, 15) is 9.18 Å². The molecule has 136 valence electrons. The lowest BCUT2D eigenvalue weighted by atomic mass is 10.0. The van der Waals surface area contributed by atoms with Gasteiger partial charge < -0.3 is 15.5 Å². The largest absolute Gasteiger partial charge is 0.352 e. The first-order valence-electron chi connectivity index (χ1n) is 8.66. The van der Waals surface area contributed by atoms with Crippen molar-refractivity contribution in [3.63, 3.8) is 0 Å². The zero-order chi connectivity index (χ0) is 18.6. The van der Waals surface area contributed by atoms with Gasteiger partial charge in [-0.05, 0) is 35.9 Å². The molecule has 0 radical (unpaired) electrons. The van der Waals surface area contributed by atoms with E-state index in [1.807, 2.05) is 35.2 Å². The summed E-state index contributed by atoms with van der Waals surface area (Å²) in [7, 11) is 0. The molecule has 27 heavy (non-hydrogen) atoms. The number of hydrogen-bond acceptors (Lipinski definition) is 5. The van der Waals surface area contributed by atoms with Gasteiger partial charge in [0.2, 0.25) is 11.9 Å². The highest BCUT2D eigenvalue weighted by Crippen LogP contribution is 2.28. The molecule has 4 rings (SSSR count). The van der Waals surface area contributed by atoms with Gasteiger partial charge in [-0.2, -0.15) is 4.98 Å². The summed E-state index contributed by atoms with van der Waals surface area (Å²) in [6.07, 6.45) is 1.64. The summed E-state index contributed by atoms with van der Waals surface area (Å²) in [4.78, 5) is 23.3. The third-order valence-corrected chi connectivity index (χ3v) is 4.36. The topological polar surface area (TPSA) is 70.2 Å². The predicted molar refractivity (Wildman–Crippen MR) is 101 cm³/mol. The molecular formula is C20H18FN5O. The molecule has 0 saturated carbocycles. The van der Waals surface area contributed by atoms with E-state index >= 15 is 0 Å². The van der Waals surface area contributed by atoms with Crippen LogP contribution in [0.2, 0.25) is 0 Å². The molecule has 2 aromatic carbocycles. The number of nitrogens with zero attached hydrogens (tertiary/aromatic N) is 3. The van der Waals surface area contributed by atoms with Crippen LogP contribution in [0.15, 0.2) is 66.9 Å². The maximum Gasteiger partial charge on any atom is 0.247 e. The van der Waals surface area contributed by atoms with E-state index in [-0.39, 0.29) is 11.7 Å². The summed E-state index contributed by atoms with van der Waals surface area (Å²) in [5.41, 5.74) is 1.59. The molecule has 1 unspecified atom stereocenters. The molecular weight excluding hydrogens is 345 g/mol. The molecule has 1 aromatic heterocycles. The molecule has 3 aromatic rings. The molecule has 1 amide bonds. The van der Waals surface area contributed by atoms with Crippen molar-refractivity contribution in [3.05, 3.63) is 78.2 Å². The second-order valence-corrected chi connectivity index (χ2v) is 6.17. The van der Waals surface area contributed by atoms with Crippen LogP contribution in [0, 0.1) is 5.82 Å². The van der Waals surface area contributed by atoms with Crippen molar-refractivity contribution < 1.29 is 9.18 Å². The highest BCUT2D eigenvalue weighted by molar-refractivity contribution is 5.87. The third-order valence-electron chi connectivity index (χ3n) is 4.36. The third kappa shape index (κ3) is 3.72. The number of benzene rings is 2. The van der Waals surface area contributed by atoms with Gasteiger partial charge in [0.1, 0.15) is 17.7 Å². The Bertz CT molecular complexity index is 933. The maximum atomic E-state index is 13.1. The monoisotopic (exact) mass is 363 g/mol. The smallest absolute Gasteiger partial charge is 0.247 e. The van der Waals surface area contributed by atoms with E-state index in [1.54, 1.807) is 24.4 Å². The van der Waals surface area contributed by atoms with Crippen LogP contribution in [0.25, 0.3) is 0 Å². The van der Waals surface area contributed by atoms with Crippen LogP contribution in [-0.4, -0.2) is 29.0 Å². The second kappa shape index (κ2) is 7.41. The first-order valence-corrected chi connectivity index (χ1v) is 8.66. The Kier molecular flexibility index (Phi) is 4.65. The number of halogens is 1. The van der Waals surface area contributed by atoms with E-state index in [0.717, 1.165) is 5.56 Å². The number of rotatable bonds is 4. The van der Waals surface area contributed by atoms with Crippen LogP contribution in [0.4, 0.5) is 21.8 Å². The Labute approximate surface area is 156 Å². The Morgan fingerprint density at radius 3 is 2.63 bits per heavy atom. The fourth-order valence-electron chi connectivity index (χ4n) is 3.11. The molecule has 1 aliphatic rings. The molecule has 1 aliphatic heterocycles. The van der Waals surface area contributed by atoms with E-state index in [0.29, 0.717) is 30.5 Å². The Morgan fingerprint density at radius 2 is 1.85 bits per heavy atom. The van der Waals surface area contributed by atoms with Crippen LogP contribution >= 0.6 is 0 Å². The summed E-state index contributed by atoms with van der Waals surface area (Å²) in [5.74, 6) is 0.676. The van der Waals surface area contributed by atoms with Crippen LogP contribution < -0.4 is 15.5 Å². The minimum atomic E-state index is -0.450. The number of carbonyl (C=O) groups is 1. The molecule has 0 spiro atoms. The van der Waals surface area contributed by atoms with Gasteiger partial charge in [0.05, 0.1) is 0 Å². The first-order chi connectivity index (χ1) is 13.2. The summed E-state index contributed by atoms with van der Waals surface area (Å²) in [6.45, 7) is 1.19. The lowest BCUT2D eigenvalue weighted by Gasteiger charge is -2.36. The predicted octanol–water partition coefficient (Wildman–Crippen LogP) is 3.04. The van der Waals surface area contributed by atoms with Gasteiger partial charge in [-0.1, -0.05) is 30.3 Å². The zero-order valence-corrected chi connectivity index (χ0v) is 14.5. The van der Waals surface area contributed by atoms with Crippen molar-refractivity contribution in [1.82, 2.24) is 15.3 Å². The fraction of sp³-hybridized carbons (Fsp3) is 0.150. The molecule has 0 bridgehead atoms. The molecule has 1 atom stereocenters. The quantitative estimate of drug-likeness (QED) is 0.746. The number of carbonyl (C=O) groups excluding carboxylic acids is 1. The Morgan fingerprint density at radius 1 is 1.07 bits per heavy atom. The van der Waals surface area contributed by atoms with Crippen molar-refractivity contribution in [2.24, 2.45) is 0 Å². The Hall–Kier alpha value is -3.48. The van der Waals surface area contributed by atoms with Crippen LogP contribution in [0.5, 0.6) is 0 Å². The van der Waals surface area contributed by atoms with Crippen LogP contribution in [-0.2, 0) is 4.79 Å². The summed E-state index contributed by atoms with van der Waals surface area (Å²) in [5, 5.41) is 5.98. The zero-order valence-electron chi connectivity index (χ0n) is 14.5. The normalized spacial score (nSPS) is 16.7. The molecule has 6 nitrogen and oxygen atoms in total. The van der Waals surface area contributed by atoms with Crippen LogP contribution in [0.1, 0.15) is 11.6 Å². The van der Waals surface area contributed by atoms with Crippen LogP contribution in [0.3, 0.4) is 0 Å². The maximum absolute atomic E-state index is 13.1. The average molecular weight is 363 g/mol. The first kappa shape index (κ1) is 17.0. The summed E-state index contributed by atoms with van der Waals surface area (Å²) in [6, 6.07) is 16.9. The van der Waals surface area contributed by atoms with E-state index < -0.39 is 6.04 Å². The molecule has 7 heteroatoms. The van der Waals surface area contributed by atoms with Gasteiger partial charge in [-0.25, -0.2) is 9.37 Å². The average Bonchev–Trinajstić information content (AvgIpc) is 2.70. The number of amides is 1. The SMILES string of the molecule is O=C1NCCN(c2ccnc(Nc3ccc(F)cc3)n2)C1c1ccccc1. The number of aromatic nitrogens is 2. The van der Waals surface area contributed by atoms with E-state index in [2.05, 4.69) is 20.6 Å². The molecule has 0 aliphatic carbocycles. The van der Waals surface area contributed by atoms with Gasteiger partial charge in [0.25, 0.3) is 0 Å². The summed E-state index contributed by atoms with van der Waals surface area (Å²) < 4.78 is 13.1. The van der Waals surface area contributed by atoms with Gasteiger partial charge in [-0.3, -0.25) is 4.79 Å². The van der Waals surface area contributed by atoms with E-state index in [4.69, 9.17) is 0 Å². The second-order valence-electron chi connectivity index (χ2n) is 6.17. The van der Waals surface area contributed by atoms with Gasteiger partial charge in [0.15, 0.2) is 0 Å². The number of anilines is 3. The summed E-state index contributed by atoms with van der Waals surface area (Å²) >= 11 is 0. The molecule has 2 N–H and O–H groups in total. The van der Waals surface area contributed by atoms with Crippen molar-refractivity contribution in [2.75, 3.05) is 23.3 Å². The molecule has 1 fully saturated rings. The Balaban J connectivity index is 1.63. The highest BCUT2D eigenvalue weighted by atomic mass is 19.1. The van der Waals surface area contributed by atoms with Gasteiger partial charge in [0, 0.05) is 25.0 Å².